The Hall–Kier alpha value is -2.76. The minimum absolute atomic E-state index is 0.0261. The highest BCUT2D eigenvalue weighted by molar-refractivity contribution is 6.00. The van der Waals surface area contributed by atoms with Gasteiger partial charge in [-0.05, 0) is 64.5 Å². The van der Waals surface area contributed by atoms with E-state index in [4.69, 9.17) is 0 Å². The summed E-state index contributed by atoms with van der Waals surface area (Å²) in [6.07, 6.45) is 9.61. The van der Waals surface area contributed by atoms with E-state index in [0.29, 0.717) is 24.0 Å². The Morgan fingerprint density at radius 2 is 1.84 bits per heavy atom. The van der Waals surface area contributed by atoms with Crippen molar-refractivity contribution in [3.05, 3.63) is 46.1 Å². The summed E-state index contributed by atoms with van der Waals surface area (Å²) < 4.78 is 4.56. The molecule has 0 bridgehead atoms. The maximum atomic E-state index is 12.8. The second-order valence-electron chi connectivity index (χ2n) is 8.05. The normalized spacial score (nSPS) is 11.2. The number of amides is 1. The number of ether oxygens (including phenoxy) is 1. The van der Waals surface area contributed by atoms with Crippen LogP contribution >= 0.6 is 0 Å². The number of allylic oxidation sites excluding steroid dienone is 4. The molecule has 1 aromatic carbocycles. The Morgan fingerprint density at radius 3 is 2.45 bits per heavy atom. The maximum Gasteiger partial charge on any atom is 0.325 e. The van der Waals surface area contributed by atoms with E-state index in [1.807, 2.05) is 13.0 Å². The molecule has 0 atom stereocenters. The van der Waals surface area contributed by atoms with Crippen molar-refractivity contribution >= 4 is 11.9 Å². The lowest BCUT2D eigenvalue weighted by atomic mass is 9.94. The lowest BCUT2D eigenvalue weighted by Gasteiger charge is -2.16. The van der Waals surface area contributed by atoms with Crippen LogP contribution in [0.1, 0.15) is 81.3 Å². The van der Waals surface area contributed by atoms with E-state index >= 15 is 0 Å². The van der Waals surface area contributed by atoms with Crippen LogP contribution in [0.3, 0.4) is 0 Å². The van der Waals surface area contributed by atoms with E-state index in [1.54, 1.807) is 6.07 Å². The molecule has 3 N–H and O–H groups in total. The van der Waals surface area contributed by atoms with E-state index in [-0.39, 0.29) is 23.6 Å². The first-order valence-electron chi connectivity index (χ1n) is 10.9. The molecule has 0 spiro atoms. The van der Waals surface area contributed by atoms with Gasteiger partial charge in [-0.1, -0.05) is 43.1 Å². The number of nitrogens with one attached hydrogen (secondary N) is 1. The van der Waals surface area contributed by atoms with Crippen molar-refractivity contribution in [3.63, 3.8) is 0 Å². The van der Waals surface area contributed by atoms with Crippen LogP contribution < -0.4 is 5.32 Å². The van der Waals surface area contributed by atoms with Crippen LogP contribution in [-0.4, -0.2) is 35.7 Å². The first-order chi connectivity index (χ1) is 14.7. The number of benzene rings is 1. The van der Waals surface area contributed by atoms with Gasteiger partial charge in [0.1, 0.15) is 18.0 Å². The van der Waals surface area contributed by atoms with Gasteiger partial charge in [-0.15, -0.1) is 0 Å². The van der Waals surface area contributed by atoms with E-state index < -0.39 is 11.9 Å². The number of hydrogen-bond acceptors (Lipinski definition) is 5. The molecule has 172 valence electrons. The molecule has 0 radical (unpaired) electrons. The molecule has 0 saturated carbocycles. The zero-order chi connectivity index (χ0) is 23.4. The van der Waals surface area contributed by atoms with Crippen molar-refractivity contribution in [1.29, 1.82) is 0 Å². The SMILES string of the molecule is CCCCCc1cc(O)c(C/C=C(\C)CCC=C(C)C)c(O)c1C(=O)NCC(=O)OC. The molecule has 0 aliphatic heterocycles. The Bertz CT molecular complexity index is 820. The van der Waals surface area contributed by atoms with Gasteiger partial charge in [-0.25, -0.2) is 0 Å². The molecule has 0 aliphatic rings. The average molecular weight is 432 g/mol. The topological polar surface area (TPSA) is 95.9 Å². The van der Waals surface area contributed by atoms with E-state index in [0.717, 1.165) is 37.7 Å². The van der Waals surface area contributed by atoms with Crippen LogP contribution in [-0.2, 0) is 22.4 Å². The van der Waals surface area contributed by atoms with Gasteiger partial charge in [0.25, 0.3) is 5.91 Å². The predicted molar refractivity (Wildman–Crippen MR) is 123 cm³/mol. The van der Waals surface area contributed by atoms with Crippen molar-refractivity contribution in [2.24, 2.45) is 0 Å². The number of aromatic hydroxyl groups is 2. The fourth-order valence-corrected chi connectivity index (χ4v) is 3.25. The zero-order valence-corrected chi connectivity index (χ0v) is 19.5. The third-order valence-electron chi connectivity index (χ3n) is 5.11. The van der Waals surface area contributed by atoms with Crippen LogP contribution in [0.4, 0.5) is 0 Å². The van der Waals surface area contributed by atoms with Crippen molar-refractivity contribution < 1.29 is 24.5 Å². The van der Waals surface area contributed by atoms with Gasteiger partial charge in [-0.3, -0.25) is 9.59 Å². The lowest BCUT2D eigenvalue weighted by molar-refractivity contribution is -0.139. The van der Waals surface area contributed by atoms with Crippen LogP contribution in [0, 0.1) is 0 Å². The molecule has 1 aromatic rings. The van der Waals surface area contributed by atoms with Crippen molar-refractivity contribution in [1.82, 2.24) is 5.32 Å². The minimum atomic E-state index is -0.575. The van der Waals surface area contributed by atoms with Crippen LogP contribution in [0.25, 0.3) is 0 Å². The Kier molecular flexibility index (Phi) is 11.5. The Balaban J connectivity index is 3.17. The molecule has 31 heavy (non-hydrogen) atoms. The number of phenolic OH excluding ortho intramolecular Hbond substituents is 2. The van der Waals surface area contributed by atoms with Gasteiger partial charge >= 0.3 is 5.97 Å². The second kappa shape index (κ2) is 13.5. The molecule has 0 heterocycles. The van der Waals surface area contributed by atoms with Gasteiger partial charge in [0.15, 0.2) is 0 Å². The standard InChI is InChI=1S/C25H37NO5/c1-6-7-8-12-19-15-21(27)20(14-13-18(4)11-9-10-17(2)3)24(29)23(19)25(30)26-16-22(28)31-5/h10,13,15,27,29H,6-9,11-12,14,16H2,1-5H3,(H,26,30)/b18-13+. The fraction of sp³-hybridized carbons (Fsp3) is 0.520. The molecule has 0 fully saturated rings. The Labute approximate surface area is 186 Å². The lowest BCUT2D eigenvalue weighted by Crippen LogP contribution is -2.31. The number of phenols is 2. The summed E-state index contributed by atoms with van der Waals surface area (Å²) in [6.45, 7) is 7.92. The molecule has 0 aromatic heterocycles. The number of carbonyl (C=O) groups is 2. The summed E-state index contributed by atoms with van der Waals surface area (Å²) in [7, 11) is 1.24. The molecule has 1 rings (SSSR count). The highest BCUT2D eigenvalue weighted by Crippen LogP contribution is 2.35. The largest absolute Gasteiger partial charge is 0.508 e. The molecular weight excluding hydrogens is 394 g/mol. The molecule has 0 unspecified atom stereocenters. The van der Waals surface area contributed by atoms with Crippen LogP contribution in [0.2, 0.25) is 0 Å². The summed E-state index contributed by atoms with van der Waals surface area (Å²) in [5.41, 5.74) is 3.40. The summed E-state index contributed by atoms with van der Waals surface area (Å²) >= 11 is 0. The molecule has 1 amide bonds. The number of rotatable bonds is 12. The highest BCUT2D eigenvalue weighted by Gasteiger charge is 2.22. The predicted octanol–water partition coefficient (Wildman–Crippen LogP) is 4.97. The number of hydrogen-bond donors (Lipinski definition) is 3. The number of carbonyl (C=O) groups excluding carboxylic acids is 2. The third kappa shape index (κ3) is 8.87. The van der Waals surface area contributed by atoms with Gasteiger partial charge < -0.3 is 20.3 Å². The number of methoxy groups -OCH3 is 1. The van der Waals surface area contributed by atoms with E-state index in [9.17, 15) is 19.8 Å². The van der Waals surface area contributed by atoms with E-state index in [1.165, 1.54) is 12.7 Å². The van der Waals surface area contributed by atoms with Gasteiger partial charge in [0, 0.05) is 5.56 Å². The zero-order valence-electron chi connectivity index (χ0n) is 19.5. The highest BCUT2D eigenvalue weighted by atomic mass is 16.5. The molecular formula is C25H37NO5. The maximum absolute atomic E-state index is 12.8. The minimum Gasteiger partial charge on any atom is -0.508 e. The molecule has 6 heteroatoms. The quantitative estimate of drug-likeness (QED) is 0.247. The van der Waals surface area contributed by atoms with Gasteiger partial charge in [0.05, 0.1) is 12.7 Å². The average Bonchev–Trinajstić information content (AvgIpc) is 2.71. The van der Waals surface area contributed by atoms with Crippen LogP contribution in [0.5, 0.6) is 11.5 Å². The molecule has 0 aliphatic carbocycles. The first-order valence-corrected chi connectivity index (χ1v) is 10.9. The van der Waals surface area contributed by atoms with Crippen molar-refractivity contribution in [3.8, 4) is 11.5 Å². The second-order valence-corrected chi connectivity index (χ2v) is 8.05. The molecule has 6 nitrogen and oxygen atoms in total. The summed E-state index contributed by atoms with van der Waals surface area (Å²) in [4.78, 5) is 24.2. The first kappa shape index (κ1) is 26.3. The fourth-order valence-electron chi connectivity index (χ4n) is 3.25. The van der Waals surface area contributed by atoms with Gasteiger partial charge in [0.2, 0.25) is 0 Å². The van der Waals surface area contributed by atoms with E-state index in [2.05, 4.69) is 36.9 Å². The van der Waals surface area contributed by atoms with Crippen LogP contribution in [0.15, 0.2) is 29.4 Å². The van der Waals surface area contributed by atoms with Crippen molar-refractivity contribution in [2.75, 3.05) is 13.7 Å². The number of esters is 1. The van der Waals surface area contributed by atoms with Crippen molar-refractivity contribution in [2.45, 2.75) is 72.6 Å². The Morgan fingerprint density at radius 1 is 1.13 bits per heavy atom. The number of unbranched alkanes of at least 4 members (excludes halogenated alkanes) is 2. The monoisotopic (exact) mass is 431 g/mol. The summed E-state index contributed by atoms with van der Waals surface area (Å²) in [5, 5.41) is 23.9. The third-order valence-corrected chi connectivity index (χ3v) is 5.11. The number of aryl methyl sites for hydroxylation is 1. The van der Waals surface area contributed by atoms with Gasteiger partial charge in [-0.2, -0.15) is 0 Å². The summed E-state index contributed by atoms with van der Waals surface area (Å²) in [6, 6.07) is 1.56. The smallest absolute Gasteiger partial charge is 0.325 e. The molecule has 0 saturated heterocycles. The summed E-state index contributed by atoms with van der Waals surface area (Å²) in [5.74, 6) is -1.39.